The molecule has 2 atom stereocenters. The first-order chi connectivity index (χ1) is 10.3. The average molecular weight is 309 g/mol. The van der Waals surface area contributed by atoms with Crippen molar-refractivity contribution in [3.63, 3.8) is 0 Å². The van der Waals surface area contributed by atoms with Gasteiger partial charge >= 0.3 is 5.97 Å². The van der Waals surface area contributed by atoms with Gasteiger partial charge in [-0.3, -0.25) is 9.48 Å². The molecule has 0 bridgehead atoms. The highest BCUT2D eigenvalue weighted by Gasteiger charge is 2.24. The number of aliphatic carboxylic acids is 1. The van der Waals surface area contributed by atoms with E-state index in [1.54, 1.807) is 4.68 Å². The minimum Gasteiger partial charge on any atom is -0.480 e. The number of hydrogen-bond acceptors (Lipinski definition) is 3. The number of rotatable bonds is 8. The lowest BCUT2D eigenvalue weighted by Gasteiger charge is -2.18. The Morgan fingerprint density at radius 3 is 2.45 bits per heavy atom. The first kappa shape index (κ1) is 18.2. The fourth-order valence-corrected chi connectivity index (χ4v) is 2.49. The normalized spacial score (nSPS) is 13.7. The Kier molecular flexibility index (Phi) is 6.59. The minimum atomic E-state index is -0.970. The molecule has 0 saturated carbocycles. The average Bonchev–Trinajstić information content (AvgIpc) is 2.69. The van der Waals surface area contributed by atoms with Crippen LogP contribution in [0, 0.1) is 19.8 Å². The fraction of sp³-hybridized carbons (Fsp3) is 0.688. The molecule has 1 aromatic heterocycles. The zero-order valence-electron chi connectivity index (χ0n) is 14.1. The molecule has 0 saturated heterocycles. The molecule has 0 radical (unpaired) electrons. The Hall–Kier alpha value is -1.85. The molecular formula is C16H27N3O3. The summed E-state index contributed by atoms with van der Waals surface area (Å²) in [6.45, 7) is 7.72. The van der Waals surface area contributed by atoms with Crippen molar-refractivity contribution in [2.24, 2.45) is 13.0 Å². The highest BCUT2D eigenvalue weighted by molar-refractivity contribution is 5.84. The van der Waals surface area contributed by atoms with Gasteiger partial charge in [-0.15, -0.1) is 0 Å². The van der Waals surface area contributed by atoms with Gasteiger partial charge in [0.1, 0.15) is 6.04 Å². The lowest BCUT2D eigenvalue weighted by Crippen LogP contribution is -2.43. The van der Waals surface area contributed by atoms with Gasteiger partial charge in [-0.2, -0.15) is 5.10 Å². The van der Waals surface area contributed by atoms with E-state index in [0.717, 1.165) is 29.8 Å². The molecule has 0 fully saturated rings. The van der Waals surface area contributed by atoms with Crippen LogP contribution in [0.3, 0.4) is 0 Å². The van der Waals surface area contributed by atoms with Gasteiger partial charge in [-0.25, -0.2) is 4.79 Å². The number of carboxylic acids is 1. The number of carboxylic acid groups (broad SMARTS) is 1. The lowest BCUT2D eigenvalue weighted by atomic mass is 9.98. The van der Waals surface area contributed by atoms with Crippen molar-refractivity contribution in [3.8, 4) is 0 Å². The molecule has 1 heterocycles. The third-order valence-electron chi connectivity index (χ3n) is 4.08. The van der Waals surface area contributed by atoms with Crippen molar-refractivity contribution >= 4 is 11.9 Å². The van der Waals surface area contributed by atoms with Crippen molar-refractivity contribution in [1.29, 1.82) is 0 Å². The number of nitrogens with zero attached hydrogens (tertiary/aromatic N) is 2. The van der Waals surface area contributed by atoms with Gasteiger partial charge in [-0.1, -0.05) is 26.7 Å². The van der Waals surface area contributed by atoms with Crippen LogP contribution in [0.25, 0.3) is 0 Å². The van der Waals surface area contributed by atoms with Gasteiger partial charge in [0.15, 0.2) is 0 Å². The smallest absolute Gasteiger partial charge is 0.326 e. The van der Waals surface area contributed by atoms with Crippen molar-refractivity contribution in [2.75, 3.05) is 0 Å². The number of amides is 1. The van der Waals surface area contributed by atoms with Crippen LogP contribution in [-0.2, 0) is 23.1 Å². The number of nitrogens with one attached hydrogen (secondary N) is 1. The number of aryl methyl sites for hydroxylation is 2. The second-order valence-electron chi connectivity index (χ2n) is 5.92. The third kappa shape index (κ3) is 4.58. The van der Waals surface area contributed by atoms with E-state index in [-0.39, 0.29) is 11.8 Å². The predicted octanol–water partition coefficient (Wildman–Crippen LogP) is 1.98. The van der Waals surface area contributed by atoms with E-state index in [9.17, 15) is 14.7 Å². The standard InChI is InChI=1S/C16H27N3O3/c1-6-7-8-14(16(21)22)17-15(20)10(2)9-13-11(3)18-19(5)12(13)4/h10,14H,6-9H2,1-5H3,(H,17,20)(H,21,22). The van der Waals surface area contributed by atoms with Crippen LogP contribution in [-0.4, -0.2) is 32.8 Å². The number of hydrogen-bond donors (Lipinski definition) is 2. The van der Waals surface area contributed by atoms with Crippen molar-refractivity contribution in [1.82, 2.24) is 15.1 Å². The monoisotopic (exact) mass is 309 g/mol. The minimum absolute atomic E-state index is 0.217. The molecule has 0 spiro atoms. The van der Waals surface area contributed by atoms with Gasteiger partial charge in [0.05, 0.1) is 5.69 Å². The Balaban J connectivity index is 2.69. The molecule has 6 nitrogen and oxygen atoms in total. The van der Waals surface area contributed by atoms with Crippen LogP contribution in [0.1, 0.15) is 50.1 Å². The summed E-state index contributed by atoms with van der Waals surface area (Å²) in [5, 5.41) is 16.2. The molecule has 1 aromatic rings. The SMILES string of the molecule is CCCCC(NC(=O)C(C)Cc1c(C)nn(C)c1C)C(=O)O. The predicted molar refractivity (Wildman–Crippen MR) is 84.6 cm³/mol. The van der Waals surface area contributed by atoms with Crippen molar-refractivity contribution in [2.45, 2.75) is 59.4 Å². The Morgan fingerprint density at radius 1 is 1.36 bits per heavy atom. The quantitative estimate of drug-likeness (QED) is 0.769. The Labute approximate surface area is 131 Å². The molecule has 6 heteroatoms. The van der Waals surface area contributed by atoms with Crippen LogP contribution in [0.4, 0.5) is 0 Å². The summed E-state index contributed by atoms with van der Waals surface area (Å²) in [5.74, 6) is -1.47. The Morgan fingerprint density at radius 2 is 2.00 bits per heavy atom. The molecule has 2 unspecified atom stereocenters. The van der Waals surface area contributed by atoms with Gasteiger partial charge in [-0.05, 0) is 32.3 Å². The first-order valence-electron chi connectivity index (χ1n) is 7.80. The molecule has 0 aromatic carbocycles. The molecule has 124 valence electrons. The molecule has 0 aliphatic rings. The van der Waals surface area contributed by atoms with E-state index in [1.165, 1.54) is 0 Å². The maximum Gasteiger partial charge on any atom is 0.326 e. The van der Waals surface area contributed by atoms with Crippen LogP contribution in [0.15, 0.2) is 0 Å². The topological polar surface area (TPSA) is 84.2 Å². The van der Waals surface area contributed by atoms with E-state index in [2.05, 4.69) is 10.4 Å². The van der Waals surface area contributed by atoms with Crippen LogP contribution < -0.4 is 5.32 Å². The summed E-state index contributed by atoms with van der Waals surface area (Å²) in [4.78, 5) is 23.5. The number of aromatic nitrogens is 2. The number of carbonyl (C=O) groups is 2. The summed E-state index contributed by atoms with van der Waals surface area (Å²) < 4.78 is 1.80. The van der Waals surface area contributed by atoms with E-state index < -0.39 is 12.0 Å². The maximum atomic E-state index is 12.3. The van der Waals surface area contributed by atoms with E-state index in [0.29, 0.717) is 12.8 Å². The van der Waals surface area contributed by atoms with E-state index in [4.69, 9.17) is 0 Å². The third-order valence-corrected chi connectivity index (χ3v) is 4.08. The van der Waals surface area contributed by atoms with Crippen LogP contribution in [0.2, 0.25) is 0 Å². The molecule has 1 rings (SSSR count). The second kappa shape index (κ2) is 7.96. The molecule has 1 amide bonds. The van der Waals surface area contributed by atoms with Gasteiger partial charge in [0.2, 0.25) is 5.91 Å². The summed E-state index contributed by atoms with van der Waals surface area (Å²) in [7, 11) is 1.88. The number of unbranched alkanes of at least 4 members (excludes halogenated alkanes) is 1. The molecular weight excluding hydrogens is 282 g/mol. The van der Waals surface area contributed by atoms with Crippen molar-refractivity contribution < 1.29 is 14.7 Å². The van der Waals surface area contributed by atoms with Gasteiger partial charge in [0, 0.05) is 18.7 Å². The highest BCUT2D eigenvalue weighted by Crippen LogP contribution is 2.17. The molecule has 2 N–H and O–H groups in total. The highest BCUT2D eigenvalue weighted by atomic mass is 16.4. The zero-order valence-corrected chi connectivity index (χ0v) is 14.1. The summed E-state index contributed by atoms with van der Waals surface area (Å²) in [6, 6.07) is -0.800. The van der Waals surface area contributed by atoms with Crippen LogP contribution >= 0.6 is 0 Å². The molecule has 22 heavy (non-hydrogen) atoms. The first-order valence-corrected chi connectivity index (χ1v) is 7.80. The van der Waals surface area contributed by atoms with Gasteiger partial charge in [0.25, 0.3) is 0 Å². The maximum absolute atomic E-state index is 12.3. The van der Waals surface area contributed by atoms with E-state index in [1.807, 2.05) is 34.7 Å². The molecule has 0 aliphatic carbocycles. The number of carbonyl (C=O) groups excluding carboxylic acids is 1. The zero-order chi connectivity index (χ0) is 16.9. The largest absolute Gasteiger partial charge is 0.480 e. The van der Waals surface area contributed by atoms with Crippen molar-refractivity contribution in [3.05, 3.63) is 17.0 Å². The van der Waals surface area contributed by atoms with Gasteiger partial charge < -0.3 is 10.4 Å². The summed E-state index contributed by atoms with van der Waals surface area (Å²) in [5.41, 5.74) is 3.02. The molecule has 0 aliphatic heterocycles. The van der Waals surface area contributed by atoms with E-state index >= 15 is 0 Å². The van der Waals surface area contributed by atoms with Crippen LogP contribution in [0.5, 0.6) is 0 Å². The Bertz CT molecular complexity index is 537. The lowest BCUT2D eigenvalue weighted by molar-refractivity contribution is -0.142. The fourth-order valence-electron chi connectivity index (χ4n) is 2.49. The second-order valence-corrected chi connectivity index (χ2v) is 5.92. The summed E-state index contributed by atoms with van der Waals surface area (Å²) >= 11 is 0. The summed E-state index contributed by atoms with van der Waals surface area (Å²) in [6.07, 6.45) is 2.72.